The molecule has 1 aliphatic rings. The molecule has 0 bridgehead atoms. The summed E-state index contributed by atoms with van der Waals surface area (Å²) in [6, 6.07) is 10.4. The summed E-state index contributed by atoms with van der Waals surface area (Å²) in [5.74, 6) is 1.67. The molecule has 1 amide bonds. The second-order valence-corrected chi connectivity index (χ2v) is 6.96. The van der Waals surface area contributed by atoms with Crippen LogP contribution in [0, 0.1) is 6.92 Å². The smallest absolute Gasteiger partial charge is 0.223 e. The molecular weight excluding hydrogens is 397 g/mol. The fraction of sp³-hybridized carbons (Fsp3) is 0.524. The summed E-state index contributed by atoms with van der Waals surface area (Å²) in [7, 11) is 0. The molecule has 0 radical (unpaired) electrons. The third-order valence-electron chi connectivity index (χ3n) is 4.96. The Balaban J connectivity index is 0.00000196. The minimum Gasteiger partial charge on any atom is -0.440 e. The van der Waals surface area contributed by atoms with Gasteiger partial charge in [0.15, 0.2) is 11.7 Å². The van der Waals surface area contributed by atoms with Crippen molar-refractivity contribution in [1.29, 1.82) is 0 Å². The highest BCUT2D eigenvalue weighted by Crippen LogP contribution is 2.25. The molecule has 2 aromatic rings. The van der Waals surface area contributed by atoms with Gasteiger partial charge in [0, 0.05) is 31.0 Å². The van der Waals surface area contributed by atoms with Crippen molar-refractivity contribution in [2.75, 3.05) is 19.6 Å². The minimum atomic E-state index is 0. The van der Waals surface area contributed by atoms with E-state index in [4.69, 9.17) is 4.42 Å². The Kier molecular flexibility index (Phi) is 10.6. The molecule has 5 nitrogen and oxygen atoms in total. The molecule has 0 aliphatic carbocycles. The van der Waals surface area contributed by atoms with Gasteiger partial charge in [0.1, 0.15) is 0 Å². The number of benzene rings is 1. The number of carbonyl (C=O) groups is 1. The van der Waals surface area contributed by atoms with Gasteiger partial charge in [-0.25, -0.2) is 4.98 Å². The van der Waals surface area contributed by atoms with Gasteiger partial charge in [0.05, 0.1) is 5.69 Å². The van der Waals surface area contributed by atoms with Crippen LogP contribution < -0.4 is 5.32 Å². The van der Waals surface area contributed by atoms with E-state index in [0.29, 0.717) is 24.8 Å². The number of aromatic nitrogens is 1. The standard InChI is InChI=1S/C21H29N3O2.2ClH/c1-3-15-24(18-11-13-22-14-12-18)20(25)10-9-19-23-16(2)21(26-19)17-7-5-4-6-8-17;;/h4-8,18,22H,3,9-15H2,1-2H3;2*1H. The number of nitrogens with zero attached hydrogens (tertiary/aromatic N) is 2. The molecule has 2 heterocycles. The van der Waals surface area contributed by atoms with E-state index in [9.17, 15) is 4.79 Å². The van der Waals surface area contributed by atoms with Gasteiger partial charge in [0.25, 0.3) is 0 Å². The summed E-state index contributed by atoms with van der Waals surface area (Å²) in [5.41, 5.74) is 1.90. The maximum atomic E-state index is 12.8. The van der Waals surface area contributed by atoms with E-state index < -0.39 is 0 Å². The zero-order chi connectivity index (χ0) is 18.4. The molecule has 0 unspecified atom stereocenters. The number of nitrogens with one attached hydrogen (secondary N) is 1. The molecule has 1 aromatic carbocycles. The molecule has 1 aromatic heterocycles. The van der Waals surface area contributed by atoms with Gasteiger partial charge in [-0.2, -0.15) is 0 Å². The van der Waals surface area contributed by atoms with Gasteiger partial charge >= 0.3 is 0 Å². The molecular formula is C21H31Cl2N3O2. The monoisotopic (exact) mass is 427 g/mol. The van der Waals surface area contributed by atoms with Gasteiger partial charge in [-0.15, -0.1) is 24.8 Å². The van der Waals surface area contributed by atoms with Crippen LogP contribution in [0.4, 0.5) is 0 Å². The normalized spacial score (nSPS) is 14.1. The first-order chi connectivity index (χ1) is 12.7. The van der Waals surface area contributed by atoms with E-state index in [2.05, 4.69) is 22.1 Å². The molecule has 1 saturated heterocycles. The van der Waals surface area contributed by atoms with E-state index in [1.807, 2.05) is 37.3 Å². The largest absolute Gasteiger partial charge is 0.440 e. The first-order valence-electron chi connectivity index (χ1n) is 9.71. The van der Waals surface area contributed by atoms with Crippen LogP contribution in [0.3, 0.4) is 0 Å². The summed E-state index contributed by atoms with van der Waals surface area (Å²) in [4.78, 5) is 19.4. The number of rotatable bonds is 7. The second-order valence-electron chi connectivity index (χ2n) is 6.96. The van der Waals surface area contributed by atoms with Crippen molar-refractivity contribution >= 4 is 30.7 Å². The Hall–Kier alpha value is -1.56. The highest BCUT2D eigenvalue weighted by Gasteiger charge is 2.24. The highest BCUT2D eigenvalue weighted by atomic mass is 35.5. The van der Waals surface area contributed by atoms with E-state index in [0.717, 1.165) is 55.9 Å². The Morgan fingerprint density at radius 3 is 2.54 bits per heavy atom. The minimum absolute atomic E-state index is 0. The van der Waals surface area contributed by atoms with Crippen LogP contribution in [0.1, 0.15) is 44.2 Å². The van der Waals surface area contributed by atoms with E-state index in [1.54, 1.807) is 0 Å². The van der Waals surface area contributed by atoms with Gasteiger partial charge < -0.3 is 14.6 Å². The maximum absolute atomic E-state index is 12.8. The molecule has 1 N–H and O–H groups in total. The van der Waals surface area contributed by atoms with Crippen molar-refractivity contribution in [2.24, 2.45) is 0 Å². The lowest BCUT2D eigenvalue weighted by Gasteiger charge is -2.34. The summed E-state index contributed by atoms with van der Waals surface area (Å²) in [6.07, 6.45) is 4.09. The molecule has 0 spiro atoms. The summed E-state index contributed by atoms with van der Waals surface area (Å²) in [6.45, 7) is 6.92. The average molecular weight is 428 g/mol. The zero-order valence-corrected chi connectivity index (χ0v) is 18.3. The summed E-state index contributed by atoms with van der Waals surface area (Å²) >= 11 is 0. The maximum Gasteiger partial charge on any atom is 0.223 e. The van der Waals surface area contributed by atoms with Crippen LogP contribution in [-0.2, 0) is 11.2 Å². The van der Waals surface area contributed by atoms with E-state index in [1.165, 1.54) is 0 Å². The summed E-state index contributed by atoms with van der Waals surface area (Å²) < 4.78 is 5.94. The fourth-order valence-corrected chi connectivity index (χ4v) is 3.64. The zero-order valence-electron chi connectivity index (χ0n) is 16.6. The Morgan fingerprint density at radius 2 is 1.89 bits per heavy atom. The number of hydrogen-bond acceptors (Lipinski definition) is 4. The lowest BCUT2D eigenvalue weighted by Crippen LogP contribution is -2.46. The first-order valence-corrected chi connectivity index (χ1v) is 9.71. The highest BCUT2D eigenvalue weighted by molar-refractivity contribution is 5.85. The lowest BCUT2D eigenvalue weighted by molar-refractivity contribution is -0.134. The van der Waals surface area contributed by atoms with Crippen molar-refractivity contribution < 1.29 is 9.21 Å². The molecule has 0 saturated carbocycles. The van der Waals surface area contributed by atoms with Crippen LogP contribution in [0.5, 0.6) is 0 Å². The fourth-order valence-electron chi connectivity index (χ4n) is 3.64. The second kappa shape index (κ2) is 12.1. The van der Waals surface area contributed by atoms with Crippen molar-refractivity contribution in [2.45, 2.75) is 52.0 Å². The van der Waals surface area contributed by atoms with Gasteiger partial charge in [-0.05, 0) is 39.3 Å². The van der Waals surface area contributed by atoms with E-state index >= 15 is 0 Å². The third-order valence-corrected chi connectivity index (χ3v) is 4.96. The molecule has 3 rings (SSSR count). The number of aryl methyl sites for hydroxylation is 2. The number of piperidine rings is 1. The first kappa shape index (κ1) is 24.5. The Morgan fingerprint density at radius 1 is 1.21 bits per heavy atom. The van der Waals surface area contributed by atoms with Crippen molar-refractivity contribution in [1.82, 2.24) is 15.2 Å². The number of hydrogen-bond donors (Lipinski definition) is 1. The molecule has 1 fully saturated rings. The van der Waals surface area contributed by atoms with E-state index in [-0.39, 0.29) is 30.7 Å². The van der Waals surface area contributed by atoms with Crippen LogP contribution in [0.2, 0.25) is 0 Å². The topological polar surface area (TPSA) is 58.4 Å². The molecule has 28 heavy (non-hydrogen) atoms. The molecule has 1 aliphatic heterocycles. The van der Waals surface area contributed by atoms with Crippen LogP contribution >= 0.6 is 24.8 Å². The van der Waals surface area contributed by atoms with Gasteiger partial charge in [0.2, 0.25) is 5.91 Å². The number of halogens is 2. The van der Waals surface area contributed by atoms with Crippen molar-refractivity contribution in [3.63, 3.8) is 0 Å². The number of oxazole rings is 1. The van der Waals surface area contributed by atoms with Crippen LogP contribution in [0.25, 0.3) is 11.3 Å². The van der Waals surface area contributed by atoms with Gasteiger partial charge in [-0.1, -0.05) is 37.3 Å². The quantitative estimate of drug-likeness (QED) is 0.710. The predicted molar refractivity (Wildman–Crippen MR) is 117 cm³/mol. The Labute approximate surface area is 180 Å². The van der Waals surface area contributed by atoms with Crippen molar-refractivity contribution in [3.05, 3.63) is 41.9 Å². The molecule has 7 heteroatoms. The Bertz CT molecular complexity index is 716. The number of amides is 1. The molecule has 156 valence electrons. The van der Waals surface area contributed by atoms with Gasteiger partial charge in [-0.3, -0.25) is 4.79 Å². The molecule has 0 atom stereocenters. The van der Waals surface area contributed by atoms with Crippen molar-refractivity contribution in [3.8, 4) is 11.3 Å². The summed E-state index contributed by atoms with van der Waals surface area (Å²) in [5, 5.41) is 3.37. The third kappa shape index (κ3) is 6.23. The SMILES string of the molecule is CCCN(C(=O)CCc1nc(C)c(-c2ccccc2)o1)C1CCNCC1.Cl.Cl. The lowest BCUT2D eigenvalue weighted by atomic mass is 10.0. The van der Waals surface area contributed by atoms with Crippen LogP contribution in [0.15, 0.2) is 34.7 Å². The average Bonchev–Trinajstić information content (AvgIpc) is 3.06. The number of carbonyl (C=O) groups excluding carboxylic acids is 1. The predicted octanol–water partition coefficient (Wildman–Crippen LogP) is 4.42. The van der Waals surface area contributed by atoms with Crippen LogP contribution in [-0.4, -0.2) is 41.5 Å².